The van der Waals surface area contributed by atoms with E-state index in [0.717, 1.165) is 22.5 Å². The van der Waals surface area contributed by atoms with Crippen LogP contribution in [0.25, 0.3) is 22.5 Å². The highest BCUT2D eigenvalue weighted by Gasteiger charge is 2.22. The zero-order valence-electron chi connectivity index (χ0n) is 22.1. The number of aromatic nitrogens is 5. The van der Waals surface area contributed by atoms with Crippen LogP contribution in [0.1, 0.15) is 18.4 Å². The second kappa shape index (κ2) is 12.5. The van der Waals surface area contributed by atoms with Gasteiger partial charge in [-0.1, -0.05) is 90.7 Å². The van der Waals surface area contributed by atoms with E-state index in [1.54, 1.807) is 6.92 Å². The molecule has 0 aliphatic heterocycles. The largest absolute Gasteiger partial charge is 0.325 e. The van der Waals surface area contributed by atoms with Crippen molar-refractivity contribution in [3.8, 4) is 22.5 Å². The minimum Gasteiger partial charge on any atom is -0.325 e. The molecule has 0 aliphatic carbocycles. The highest BCUT2D eigenvalue weighted by molar-refractivity contribution is 8.00. The molecule has 2 N–H and O–H groups in total. The Kier molecular flexibility index (Phi) is 8.67. The molecule has 10 nitrogen and oxygen atoms in total. The molecule has 0 saturated carbocycles. The number of thioether (sulfide) groups is 1. The van der Waals surface area contributed by atoms with Crippen LogP contribution in [0.2, 0.25) is 0 Å². The van der Waals surface area contributed by atoms with Crippen LogP contribution in [-0.2, 0) is 14.8 Å². The summed E-state index contributed by atoms with van der Waals surface area (Å²) in [5.41, 5.74) is 3.59. The third-order valence-corrected chi connectivity index (χ3v) is 9.31. The molecule has 41 heavy (non-hydrogen) atoms. The molecule has 0 spiro atoms. The normalized spacial score (nSPS) is 12.0. The quantitative estimate of drug-likeness (QED) is 0.193. The lowest BCUT2D eigenvalue weighted by atomic mass is 10.0. The van der Waals surface area contributed by atoms with Crippen LogP contribution < -0.4 is 10.0 Å². The van der Waals surface area contributed by atoms with Crippen molar-refractivity contribution < 1.29 is 13.2 Å². The molecule has 2 heterocycles. The molecule has 0 saturated heterocycles. The van der Waals surface area contributed by atoms with Crippen LogP contribution in [0, 0.1) is 6.92 Å². The molecular weight excluding hydrogens is 579 g/mol. The summed E-state index contributed by atoms with van der Waals surface area (Å²) in [6.45, 7) is 3.64. The van der Waals surface area contributed by atoms with Crippen LogP contribution in [0.3, 0.4) is 0 Å². The van der Waals surface area contributed by atoms with Gasteiger partial charge >= 0.3 is 0 Å². The summed E-state index contributed by atoms with van der Waals surface area (Å²) in [5.74, 6) is -0.257. The van der Waals surface area contributed by atoms with E-state index in [-0.39, 0.29) is 15.9 Å². The molecule has 5 rings (SSSR count). The molecule has 1 atom stereocenters. The van der Waals surface area contributed by atoms with Gasteiger partial charge in [0.15, 0.2) is 0 Å². The average molecular weight is 604 g/mol. The fourth-order valence-electron chi connectivity index (χ4n) is 3.85. The molecule has 0 fully saturated rings. The van der Waals surface area contributed by atoms with Crippen LogP contribution in [0.4, 0.5) is 10.8 Å². The summed E-state index contributed by atoms with van der Waals surface area (Å²) in [7, 11) is -3.84. The molecule has 0 bridgehead atoms. The van der Waals surface area contributed by atoms with Gasteiger partial charge in [0, 0.05) is 16.8 Å². The van der Waals surface area contributed by atoms with Crippen LogP contribution >= 0.6 is 23.1 Å². The number of sulfonamides is 1. The molecular formula is C28H25N7O3S3. The Morgan fingerprint density at radius 2 is 1.49 bits per heavy atom. The predicted molar refractivity (Wildman–Crippen MR) is 161 cm³/mol. The molecule has 0 aliphatic rings. The summed E-state index contributed by atoms with van der Waals surface area (Å²) in [4.78, 5) is 18.0. The summed E-state index contributed by atoms with van der Waals surface area (Å²) in [5, 5.41) is 20.0. The van der Waals surface area contributed by atoms with E-state index < -0.39 is 15.3 Å². The van der Waals surface area contributed by atoms with E-state index in [1.807, 2.05) is 67.6 Å². The van der Waals surface area contributed by atoms with Gasteiger partial charge in [0.25, 0.3) is 10.0 Å². The van der Waals surface area contributed by atoms with E-state index in [0.29, 0.717) is 33.7 Å². The number of hydrogen-bond donors (Lipinski definition) is 2. The van der Waals surface area contributed by atoms with Gasteiger partial charge in [0.05, 0.1) is 10.1 Å². The van der Waals surface area contributed by atoms with Gasteiger partial charge in [-0.15, -0.1) is 20.4 Å². The van der Waals surface area contributed by atoms with Crippen molar-refractivity contribution in [3.63, 3.8) is 0 Å². The van der Waals surface area contributed by atoms with Gasteiger partial charge in [-0.25, -0.2) is 13.4 Å². The number of carbonyl (C=O) groups excluding carboxylic acids is 1. The molecule has 1 unspecified atom stereocenters. The first-order valence-electron chi connectivity index (χ1n) is 12.6. The highest BCUT2D eigenvalue weighted by atomic mass is 32.2. The molecule has 5 aromatic rings. The van der Waals surface area contributed by atoms with Crippen molar-refractivity contribution in [2.24, 2.45) is 0 Å². The average Bonchev–Trinajstić information content (AvgIpc) is 3.40. The Bertz CT molecular complexity index is 1750. The Balaban J connectivity index is 1.31. The van der Waals surface area contributed by atoms with E-state index >= 15 is 0 Å². The third kappa shape index (κ3) is 6.93. The van der Waals surface area contributed by atoms with Gasteiger partial charge in [-0.05, 0) is 37.6 Å². The Morgan fingerprint density at radius 3 is 2.07 bits per heavy atom. The topological polar surface area (TPSA) is 140 Å². The zero-order chi connectivity index (χ0) is 28.8. The maximum absolute atomic E-state index is 13.2. The number of anilines is 2. The lowest BCUT2D eigenvalue weighted by molar-refractivity contribution is -0.115. The summed E-state index contributed by atoms with van der Waals surface area (Å²) >= 11 is 2.36. The predicted octanol–water partition coefficient (Wildman–Crippen LogP) is 5.68. The molecule has 2 aromatic heterocycles. The van der Waals surface area contributed by atoms with Gasteiger partial charge in [0.1, 0.15) is 16.4 Å². The molecule has 13 heteroatoms. The minimum absolute atomic E-state index is 0.0381. The lowest BCUT2D eigenvalue weighted by Crippen LogP contribution is -2.25. The van der Waals surface area contributed by atoms with Crippen molar-refractivity contribution in [1.29, 1.82) is 0 Å². The van der Waals surface area contributed by atoms with Gasteiger partial charge in [-0.3, -0.25) is 9.52 Å². The number of aryl methyl sites for hydroxylation is 1. The first kappa shape index (κ1) is 28.3. The van der Waals surface area contributed by atoms with Crippen molar-refractivity contribution in [2.45, 2.75) is 35.6 Å². The Morgan fingerprint density at radius 1 is 0.854 bits per heavy atom. The van der Waals surface area contributed by atoms with E-state index in [2.05, 4.69) is 30.4 Å². The van der Waals surface area contributed by atoms with Crippen LogP contribution in [0.15, 0.2) is 95.0 Å². The van der Waals surface area contributed by atoms with Gasteiger partial charge in [-0.2, -0.15) is 0 Å². The number of amides is 1. The SMILES string of the molecule is CCC(Sc1nnc(-c2ccccc2)c(-c2ccccc2)n1)C(=O)Nc1ccc(S(=O)(=O)Nc2nnc(C)s2)cc1. The third-order valence-electron chi connectivity index (χ3n) is 5.85. The summed E-state index contributed by atoms with van der Waals surface area (Å²) in [6.07, 6.45) is 0.513. The monoisotopic (exact) mass is 603 g/mol. The number of hydrogen-bond acceptors (Lipinski definition) is 10. The van der Waals surface area contributed by atoms with E-state index in [1.165, 1.54) is 36.0 Å². The van der Waals surface area contributed by atoms with Gasteiger partial charge < -0.3 is 5.32 Å². The van der Waals surface area contributed by atoms with E-state index in [4.69, 9.17) is 4.98 Å². The maximum atomic E-state index is 13.2. The number of nitrogens with zero attached hydrogens (tertiary/aromatic N) is 5. The molecule has 208 valence electrons. The molecule has 1 amide bonds. The van der Waals surface area contributed by atoms with Crippen molar-refractivity contribution in [2.75, 3.05) is 10.0 Å². The second-order valence-electron chi connectivity index (χ2n) is 8.78. The summed E-state index contributed by atoms with van der Waals surface area (Å²) in [6, 6.07) is 25.4. The minimum atomic E-state index is -3.84. The van der Waals surface area contributed by atoms with Crippen LogP contribution in [0.5, 0.6) is 0 Å². The standard InChI is InChI=1S/C28H25N7O3S3/c1-3-23(26(36)29-21-14-16-22(17-15-21)41(37,38)35-28-34-31-18(2)39-28)40-27-30-24(19-10-6-4-7-11-19)25(32-33-27)20-12-8-5-9-13-20/h4-17,23H,3H2,1-2H3,(H,29,36)(H,34,35). The van der Waals surface area contributed by atoms with Crippen molar-refractivity contribution in [1.82, 2.24) is 25.4 Å². The number of rotatable bonds is 10. The Hall–Kier alpha value is -4.20. The zero-order valence-corrected chi connectivity index (χ0v) is 24.5. The maximum Gasteiger partial charge on any atom is 0.263 e. The number of nitrogens with one attached hydrogen (secondary N) is 2. The fraction of sp³-hybridized carbons (Fsp3) is 0.143. The number of carbonyl (C=O) groups is 1. The molecule has 3 aromatic carbocycles. The summed E-state index contributed by atoms with van der Waals surface area (Å²) < 4.78 is 27.7. The smallest absolute Gasteiger partial charge is 0.263 e. The van der Waals surface area contributed by atoms with E-state index in [9.17, 15) is 13.2 Å². The highest BCUT2D eigenvalue weighted by Crippen LogP contribution is 2.31. The fourth-order valence-corrected chi connectivity index (χ4v) is 6.49. The van der Waals surface area contributed by atoms with Gasteiger partial charge in [0.2, 0.25) is 16.2 Å². The first-order valence-corrected chi connectivity index (χ1v) is 15.8. The van der Waals surface area contributed by atoms with Crippen LogP contribution in [-0.4, -0.2) is 45.0 Å². The lowest BCUT2D eigenvalue weighted by Gasteiger charge is -2.15. The Labute approximate surface area is 245 Å². The second-order valence-corrected chi connectivity index (χ2v) is 12.8. The van der Waals surface area contributed by atoms with Crippen molar-refractivity contribution in [3.05, 3.63) is 89.9 Å². The molecule has 0 radical (unpaired) electrons. The number of benzene rings is 3. The first-order chi connectivity index (χ1) is 19.8. The van der Waals surface area contributed by atoms with Crippen molar-refractivity contribution >= 4 is 49.8 Å².